The number of rotatable bonds is 2. The Bertz CT molecular complexity index is 1170. The molecule has 0 N–H and O–H groups in total. The van der Waals surface area contributed by atoms with Crippen molar-refractivity contribution in [1.82, 2.24) is 14.5 Å². The van der Waals surface area contributed by atoms with Crippen LogP contribution in [-0.2, 0) is 13.0 Å². The van der Waals surface area contributed by atoms with E-state index in [1.54, 1.807) is 16.9 Å². The van der Waals surface area contributed by atoms with Crippen LogP contribution in [0.4, 0.5) is 0 Å². The van der Waals surface area contributed by atoms with Crippen LogP contribution in [-0.4, -0.2) is 27.0 Å². The maximum absolute atomic E-state index is 4.20. The highest BCUT2D eigenvalue weighted by molar-refractivity contribution is 7.08. The van der Waals surface area contributed by atoms with E-state index in [0.717, 1.165) is 13.0 Å². The molecule has 4 heteroatoms. The summed E-state index contributed by atoms with van der Waals surface area (Å²) in [6, 6.07) is 11.9. The minimum atomic E-state index is 0.708. The highest BCUT2D eigenvalue weighted by atomic mass is 32.1. The normalized spacial score (nSPS) is 19.1. The van der Waals surface area contributed by atoms with E-state index < -0.39 is 0 Å². The zero-order chi connectivity index (χ0) is 18.7. The van der Waals surface area contributed by atoms with Crippen LogP contribution >= 0.6 is 11.3 Å². The molecule has 2 aliphatic heterocycles. The van der Waals surface area contributed by atoms with E-state index in [4.69, 9.17) is 0 Å². The van der Waals surface area contributed by atoms with Crippen molar-refractivity contribution >= 4 is 22.2 Å². The van der Waals surface area contributed by atoms with E-state index in [1.165, 1.54) is 58.4 Å². The van der Waals surface area contributed by atoms with Crippen molar-refractivity contribution < 1.29 is 0 Å². The van der Waals surface area contributed by atoms with Gasteiger partial charge < -0.3 is 4.57 Å². The second-order valence-electron chi connectivity index (χ2n) is 8.16. The third kappa shape index (κ3) is 2.41. The molecule has 1 fully saturated rings. The maximum atomic E-state index is 4.20. The number of benzene rings is 1. The Hall–Kier alpha value is -2.43. The fourth-order valence-electron chi connectivity index (χ4n) is 5.16. The first-order valence-corrected chi connectivity index (χ1v) is 11.1. The molecule has 0 amide bonds. The summed E-state index contributed by atoms with van der Waals surface area (Å²) >= 11 is 1.79. The molecule has 140 valence electrons. The first-order chi connectivity index (χ1) is 13.8. The second-order valence-corrected chi connectivity index (χ2v) is 8.90. The van der Waals surface area contributed by atoms with E-state index in [0.29, 0.717) is 6.04 Å². The molecule has 1 aromatic carbocycles. The SMILES string of the molecule is Cc1ccc2c(c1)c1c(n2-c2cscc2-c2ccncc2)CC2CCCN2C1. The Labute approximate surface area is 169 Å². The van der Waals surface area contributed by atoms with Gasteiger partial charge in [0.25, 0.3) is 0 Å². The highest BCUT2D eigenvalue weighted by Gasteiger charge is 2.34. The van der Waals surface area contributed by atoms with Crippen LogP contribution in [0.25, 0.3) is 27.7 Å². The van der Waals surface area contributed by atoms with Crippen molar-refractivity contribution in [1.29, 1.82) is 0 Å². The number of fused-ring (bicyclic) bond motifs is 4. The number of pyridine rings is 1. The van der Waals surface area contributed by atoms with Gasteiger partial charge in [-0.2, -0.15) is 0 Å². The minimum Gasteiger partial charge on any atom is -0.312 e. The Kier molecular flexibility index (Phi) is 3.71. The standard InChI is InChI=1S/C24H23N3S/c1-16-4-5-22-19(11-16)20-13-26-10-2-3-18(26)12-23(20)27(22)24-15-28-14-21(24)17-6-8-25-9-7-17/h4-9,11,14-15,18H,2-3,10,12-13H2,1H3. The molecule has 5 heterocycles. The summed E-state index contributed by atoms with van der Waals surface area (Å²) in [4.78, 5) is 6.91. The van der Waals surface area contributed by atoms with Gasteiger partial charge >= 0.3 is 0 Å². The Morgan fingerprint density at radius 2 is 2.00 bits per heavy atom. The van der Waals surface area contributed by atoms with E-state index in [1.807, 2.05) is 12.4 Å². The molecule has 28 heavy (non-hydrogen) atoms. The van der Waals surface area contributed by atoms with Gasteiger partial charge in [0.15, 0.2) is 0 Å². The largest absolute Gasteiger partial charge is 0.312 e. The van der Waals surface area contributed by atoms with Gasteiger partial charge in [0, 0.05) is 58.8 Å². The van der Waals surface area contributed by atoms with Crippen molar-refractivity contribution in [2.75, 3.05) is 6.54 Å². The summed E-state index contributed by atoms with van der Waals surface area (Å²) in [5.41, 5.74) is 9.63. The Balaban J connectivity index is 1.62. The summed E-state index contributed by atoms with van der Waals surface area (Å²) in [5.74, 6) is 0. The van der Waals surface area contributed by atoms with Gasteiger partial charge in [-0.05, 0) is 61.7 Å². The summed E-state index contributed by atoms with van der Waals surface area (Å²) in [7, 11) is 0. The Morgan fingerprint density at radius 1 is 1.11 bits per heavy atom. The molecule has 1 atom stereocenters. The molecule has 2 aliphatic rings. The summed E-state index contributed by atoms with van der Waals surface area (Å²) < 4.78 is 2.56. The third-order valence-corrected chi connectivity index (χ3v) is 7.23. The van der Waals surface area contributed by atoms with Crippen molar-refractivity contribution in [3.8, 4) is 16.8 Å². The van der Waals surface area contributed by atoms with Crippen molar-refractivity contribution in [3.63, 3.8) is 0 Å². The molecule has 0 aliphatic carbocycles. The fraction of sp³-hybridized carbons (Fsp3) is 0.292. The zero-order valence-electron chi connectivity index (χ0n) is 16.1. The summed E-state index contributed by atoms with van der Waals surface area (Å²) in [5, 5.41) is 6.03. The highest BCUT2D eigenvalue weighted by Crippen LogP contribution is 2.41. The number of nitrogens with zero attached hydrogens (tertiary/aromatic N) is 3. The lowest BCUT2D eigenvalue weighted by atomic mass is 9.98. The van der Waals surface area contributed by atoms with Crippen LogP contribution in [0.15, 0.2) is 53.5 Å². The number of hydrogen-bond acceptors (Lipinski definition) is 3. The second kappa shape index (κ2) is 6.29. The van der Waals surface area contributed by atoms with Gasteiger partial charge in [0.05, 0.1) is 11.2 Å². The van der Waals surface area contributed by atoms with Crippen molar-refractivity contribution in [2.24, 2.45) is 0 Å². The van der Waals surface area contributed by atoms with Gasteiger partial charge in [-0.3, -0.25) is 9.88 Å². The average molecular weight is 386 g/mol. The van der Waals surface area contributed by atoms with Gasteiger partial charge in [0.2, 0.25) is 0 Å². The maximum Gasteiger partial charge on any atom is 0.0644 e. The first kappa shape index (κ1) is 16.5. The van der Waals surface area contributed by atoms with Crippen molar-refractivity contribution in [2.45, 2.75) is 38.8 Å². The topological polar surface area (TPSA) is 21.1 Å². The first-order valence-electron chi connectivity index (χ1n) is 10.1. The molecule has 0 spiro atoms. The van der Waals surface area contributed by atoms with Gasteiger partial charge in [-0.25, -0.2) is 0 Å². The molecule has 4 aromatic rings. The molecule has 3 aromatic heterocycles. The molecular weight excluding hydrogens is 362 g/mol. The lowest BCUT2D eigenvalue weighted by Gasteiger charge is -2.30. The lowest BCUT2D eigenvalue weighted by molar-refractivity contribution is 0.226. The number of thiophene rings is 1. The van der Waals surface area contributed by atoms with Gasteiger partial charge in [0.1, 0.15) is 0 Å². The molecule has 1 unspecified atom stereocenters. The van der Waals surface area contributed by atoms with Crippen LogP contribution in [0.3, 0.4) is 0 Å². The minimum absolute atomic E-state index is 0.708. The lowest BCUT2D eigenvalue weighted by Crippen LogP contribution is -2.35. The Morgan fingerprint density at radius 3 is 2.89 bits per heavy atom. The average Bonchev–Trinajstić information content (AvgIpc) is 3.44. The van der Waals surface area contributed by atoms with Crippen LogP contribution in [0, 0.1) is 6.92 Å². The van der Waals surface area contributed by atoms with Gasteiger partial charge in [-0.15, -0.1) is 11.3 Å². The van der Waals surface area contributed by atoms with E-state index in [-0.39, 0.29) is 0 Å². The third-order valence-electron chi connectivity index (χ3n) is 6.50. The molecule has 0 saturated carbocycles. The number of aromatic nitrogens is 2. The fourth-order valence-corrected chi connectivity index (χ4v) is 5.98. The number of aryl methyl sites for hydroxylation is 1. The van der Waals surface area contributed by atoms with E-state index in [2.05, 4.69) is 62.5 Å². The number of hydrogen-bond donors (Lipinski definition) is 0. The molecule has 0 bridgehead atoms. The summed E-state index contributed by atoms with van der Waals surface area (Å²) in [6.07, 6.45) is 7.61. The predicted octanol–water partition coefficient (Wildman–Crippen LogP) is 5.58. The van der Waals surface area contributed by atoms with Gasteiger partial charge in [-0.1, -0.05) is 11.6 Å². The zero-order valence-corrected chi connectivity index (χ0v) is 16.9. The van der Waals surface area contributed by atoms with Crippen LogP contribution in [0.5, 0.6) is 0 Å². The quantitative estimate of drug-likeness (QED) is 0.449. The predicted molar refractivity (Wildman–Crippen MR) is 116 cm³/mol. The van der Waals surface area contributed by atoms with Crippen LogP contribution in [0.2, 0.25) is 0 Å². The van der Waals surface area contributed by atoms with Crippen molar-refractivity contribution in [3.05, 3.63) is 70.3 Å². The summed E-state index contributed by atoms with van der Waals surface area (Å²) in [6.45, 7) is 4.56. The van der Waals surface area contributed by atoms with Crippen LogP contribution in [0.1, 0.15) is 29.7 Å². The molecule has 3 nitrogen and oxygen atoms in total. The molecule has 0 radical (unpaired) electrons. The monoisotopic (exact) mass is 385 g/mol. The van der Waals surface area contributed by atoms with E-state index in [9.17, 15) is 0 Å². The molecule has 1 saturated heterocycles. The smallest absolute Gasteiger partial charge is 0.0644 e. The molecular formula is C24H23N3S. The van der Waals surface area contributed by atoms with E-state index >= 15 is 0 Å². The van der Waals surface area contributed by atoms with Crippen LogP contribution < -0.4 is 0 Å². The molecule has 6 rings (SSSR count).